The summed E-state index contributed by atoms with van der Waals surface area (Å²) in [6, 6.07) is 9.31. The van der Waals surface area contributed by atoms with Crippen molar-refractivity contribution in [2.24, 2.45) is 0 Å². The van der Waals surface area contributed by atoms with Gasteiger partial charge in [-0.15, -0.1) is 0 Å². The standard InChI is InChI=1S/C16H12ClF2NO5S/c17-11-3-1-10(2-4-11)7-8-26(23,24)20-12-5-6-14(25-16(18)19)13(9-12)15(21)22/h1-9,16,20H,(H,21,22). The Morgan fingerprint density at radius 2 is 1.85 bits per heavy atom. The van der Waals surface area contributed by atoms with Crippen molar-refractivity contribution >= 4 is 39.4 Å². The molecule has 0 amide bonds. The normalized spacial score (nSPS) is 11.7. The predicted octanol–water partition coefficient (Wildman–Crippen LogP) is 4.05. The van der Waals surface area contributed by atoms with E-state index in [1.54, 1.807) is 24.3 Å². The molecular formula is C16H12ClF2NO5S. The number of hydrogen-bond donors (Lipinski definition) is 2. The van der Waals surface area contributed by atoms with E-state index >= 15 is 0 Å². The minimum Gasteiger partial charge on any atom is -0.478 e. The summed E-state index contributed by atoms with van der Waals surface area (Å²) in [6.07, 6.45) is 1.31. The third-order valence-corrected chi connectivity index (χ3v) is 4.26. The predicted molar refractivity (Wildman–Crippen MR) is 93.1 cm³/mol. The molecule has 0 heterocycles. The molecule has 0 atom stereocenters. The highest BCUT2D eigenvalue weighted by atomic mass is 35.5. The highest BCUT2D eigenvalue weighted by Crippen LogP contribution is 2.25. The van der Waals surface area contributed by atoms with Gasteiger partial charge in [0.2, 0.25) is 0 Å². The number of anilines is 1. The lowest BCUT2D eigenvalue weighted by Crippen LogP contribution is -2.11. The van der Waals surface area contributed by atoms with Gasteiger partial charge in [0.1, 0.15) is 11.3 Å². The molecule has 0 bridgehead atoms. The van der Waals surface area contributed by atoms with Crippen molar-refractivity contribution in [3.8, 4) is 5.75 Å². The fourth-order valence-corrected chi connectivity index (χ4v) is 2.89. The molecule has 0 unspecified atom stereocenters. The number of halogens is 3. The number of hydrogen-bond acceptors (Lipinski definition) is 4. The Hall–Kier alpha value is -2.65. The van der Waals surface area contributed by atoms with Crippen LogP contribution in [0.15, 0.2) is 47.9 Å². The fourth-order valence-electron chi connectivity index (χ4n) is 1.90. The second-order valence-corrected chi connectivity index (χ2v) is 6.90. The Bertz CT molecular complexity index is 930. The Morgan fingerprint density at radius 3 is 2.42 bits per heavy atom. The quantitative estimate of drug-likeness (QED) is 0.727. The van der Waals surface area contributed by atoms with Crippen LogP contribution in [0.4, 0.5) is 14.5 Å². The van der Waals surface area contributed by atoms with E-state index in [2.05, 4.69) is 9.46 Å². The molecule has 0 aromatic heterocycles. The van der Waals surface area contributed by atoms with Gasteiger partial charge in [-0.25, -0.2) is 13.2 Å². The average Bonchev–Trinajstić information content (AvgIpc) is 2.55. The molecule has 0 aliphatic rings. The lowest BCUT2D eigenvalue weighted by atomic mass is 10.2. The molecule has 0 fully saturated rings. The molecule has 26 heavy (non-hydrogen) atoms. The summed E-state index contributed by atoms with van der Waals surface area (Å²) >= 11 is 5.73. The van der Waals surface area contributed by atoms with Crippen LogP contribution in [-0.2, 0) is 10.0 Å². The maximum atomic E-state index is 12.3. The summed E-state index contributed by atoms with van der Waals surface area (Å²) in [5, 5.41) is 10.4. The molecule has 2 rings (SSSR count). The van der Waals surface area contributed by atoms with E-state index in [4.69, 9.17) is 16.7 Å². The molecule has 6 nitrogen and oxygen atoms in total. The van der Waals surface area contributed by atoms with Crippen LogP contribution in [0.5, 0.6) is 5.75 Å². The first-order valence-corrected chi connectivity index (χ1v) is 8.87. The summed E-state index contributed by atoms with van der Waals surface area (Å²) in [5.74, 6) is -2.12. The zero-order valence-electron chi connectivity index (χ0n) is 12.9. The highest BCUT2D eigenvalue weighted by molar-refractivity contribution is 7.95. The highest BCUT2D eigenvalue weighted by Gasteiger charge is 2.17. The molecule has 0 radical (unpaired) electrons. The van der Waals surface area contributed by atoms with E-state index in [0.717, 1.165) is 23.6 Å². The molecule has 2 aromatic carbocycles. The van der Waals surface area contributed by atoms with Gasteiger partial charge in [0.05, 0.1) is 5.41 Å². The molecule has 0 aliphatic heterocycles. The first kappa shape index (κ1) is 19.7. The largest absolute Gasteiger partial charge is 0.478 e. The summed E-state index contributed by atoms with van der Waals surface area (Å²) < 4.78 is 54.9. The maximum absolute atomic E-state index is 12.3. The zero-order valence-corrected chi connectivity index (χ0v) is 14.5. The summed E-state index contributed by atoms with van der Waals surface area (Å²) in [6.45, 7) is -3.21. The first-order chi connectivity index (χ1) is 12.2. The van der Waals surface area contributed by atoms with Crippen molar-refractivity contribution in [1.82, 2.24) is 0 Å². The monoisotopic (exact) mass is 403 g/mol. The second kappa shape index (κ2) is 8.15. The zero-order chi connectivity index (χ0) is 19.3. The average molecular weight is 404 g/mol. The Labute approximate surface area is 152 Å². The molecule has 0 saturated heterocycles. The second-order valence-electron chi connectivity index (χ2n) is 4.90. The molecule has 0 saturated carbocycles. The summed E-state index contributed by atoms with van der Waals surface area (Å²) in [5.41, 5.74) is -0.149. The minimum absolute atomic E-state index is 0.121. The van der Waals surface area contributed by atoms with E-state index in [-0.39, 0.29) is 5.69 Å². The van der Waals surface area contributed by atoms with Gasteiger partial charge in [-0.2, -0.15) is 8.78 Å². The van der Waals surface area contributed by atoms with E-state index in [1.807, 2.05) is 0 Å². The minimum atomic E-state index is -3.97. The van der Waals surface area contributed by atoms with Gasteiger partial charge in [-0.3, -0.25) is 4.72 Å². The lowest BCUT2D eigenvalue weighted by molar-refractivity contribution is -0.0503. The first-order valence-electron chi connectivity index (χ1n) is 6.95. The lowest BCUT2D eigenvalue weighted by Gasteiger charge is -2.10. The number of rotatable bonds is 7. The molecule has 0 spiro atoms. The summed E-state index contributed by atoms with van der Waals surface area (Å²) in [7, 11) is -3.97. The van der Waals surface area contributed by atoms with Gasteiger partial charge in [-0.1, -0.05) is 23.7 Å². The van der Waals surface area contributed by atoms with Crippen molar-refractivity contribution in [3.63, 3.8) is 0 Å². The van der Waals surface area contributed by atoms with Crippen LogP contribution >= 0.6 is 11.6 Å². The van der Waals surface area contributed by atoms with E-state index < -0.39 is 33.9 Å². The van der Waals surface area contributed by atoms with Crippen LogP contribution in [-0.4, -0.2) is 26.1 Å². The number of carboxylic acids is 1. The maximum Gasteiger partial charge on any atom is 0.387 e. The molecular weight excluding hydrogens is 392 g/mol. The number of carbonyl (C=O) groups is 1. The fraction of sp³-hybridized carbons (Fsp3) is 0.0625. The van der Waals surface area contributed by atoms with Crippen LogP contribution in [0.25, 0.3) is 6.08 Å². The van der Waals surface area contributed by atoms with Crippen molar-refractivity contribution < 1.29 is 31.8 Å². The van der Waals surface area contributed by atoms with Gasteiger partial charge in [0.15, 0.2) is 0 Å². The van der Waals surface area contributed by atoms with E-state index in [9.17, 15) is 22.0 Å². The van der Waals surface area contributed by atoms with Crippen LogP contribution in [0.2, 0.25) is 5.02 Å². The van der Waals surface area contributed by atoms with Gasteiger partial charge >= 0.3 is 12.6 Å². The molecule has 138 valence electrons. The van der Waals surface area contributed by atoms with Crippen LogP contribution in [0, 0.1) is 0 Å². The van der Waals surface area contributed by atoms with Gasteiger partial charge < -0.3 is 9.84 Å². The van der Waals surface area contributed by atoms with E-state index in [0.29, 0.717) is 10.6 Å². The number of nitrogens with one attached hydrogen (secondary N) is 1. The van der Waals surface area contributed by atoms with Gasteiger partial charge in [0, 0.05) is 10.7 Å². The van der Waals surface area contributed by atoms with Crippen molar-refractivity contribution in [1.29, 1.82) is 0 Å². The third-order valence-electron chi connectivity index (χ3n) is 3.00. The summed E-state index contributed by atoms with van der Waals surface area (Å²) in [4.78, 5) is 11.1. The van der Waals surface area contributed by atoms with Crippen LogP contribution < -0.4 is 9.46 Å². The van der Waals surface area contributed by atoms with Crippen molar-refractivity contribution in [2.75, 3.05) is 4.72 Å². The van der Waals surface area contributed by atoms with Crippen LogP contribution in [0.1, 0.15) is 15.9 Å². The SMILES string of the molecule is O=C(O)c1cc(NS(=O)(=O)C=Cc2ccc(Cl)cc2)ccc1OC(F)F. The topological polar surface area (TPSA) is 92.7 Å². The van der Waals surface area contributed by atoms with Gasteiger partial charge in [0.25, 0.3) is 10.0 Å². The Morgan fingerprint density at radius 1 is 1.19 bits per heavy atom. The molecule has 2 N–H and O–H groups in total. The van der Waals surface area contributed by atoms with E-state index in [1.165, 1.54) is 6.08 Å². The molecule has 2 aromatic rings. The number of alkyl halides is 2. The smallest absolute Gasteiger partial charge is 0.387 e. The third kappa shape index (κ3) is 5.71. The van der Waals surface area contributed by atoms with Crippen molar-refractivity contribution in [2.45, 2.75) is 6.61 Å². The Balaban J connectivity index is 2.21. The number of ether oxygens (including phenoxy) is 1. The number of benzene rings is 2. The van der Waals surface area contributed by atoms with Crippen molar-refractivity contribution in [3.05, 3.63) is 64.0 Å². The number of carboxylic acid groups (broad SMARTS) is 1. The number of sulfonamides is 1. The van der Waals surface area contributed by atoms with Gasteiger partial charge in [-0.05, 0) is 42.0 Å². The van der Waals surface area contributed by atoms with Crippen LogP contribution in [0.3, 0.4) is 0 Å². The molecule has 10 heteroatoms. The number of aromatic carboxylic acids is 1. The molecule has 0 aliphatic carbocycles. The Kier molecular flexibility index (Phi) is 6.17.